The lowest BCUT2D eigenvalue weighted by Crippen LogP contribution is -2.58. The van der Waals surface area contributed by atoms with Crippen molar-refractivity contribution in [2.24, 2.45) is 46.3 Å². The van der Waals surface area contributed by atoms with E-state index in [9.17, 15) is 34.7 Å². The number of esters is 1. The smallest absolute Gasteiger partial charge is 0.328 e. The van der Waals surface area contributed by atoms with Gasteiger partial charge in [-0.2, -0.15) is 0 Å². The van der Waals surface area contributed by atoms with Crippen LogP contribution in [0.15, 0.2) is 16.8 Å². The fourth-order valence-electron chi connectivity index (χ4n) is 12.6. The predicted octanol–water partition coefficient (Wildman–Crippen LogP) is 5.51. The van der Waals surface area contributed by atoms with Gasteiger partial charge in [-0.25, -0.2) is 9.42 Å². The summed E-state index contributed by atoms with van der Waals surface area (Å²) in [5, 5.41) is 43.9. The number of benzene rings is 1. The number of nitrogens with zero attached hydrogens (tertiary/aromatic N) is 4. The quantitative estimate of drug-likeness (QED) is 0.107. The lowest BCUT2D eigenvalue weighted by Gasteiger charge is -2.62. The van der Waals surface area contributed by atoms with E-state index in [1.807, 2.05) is 0 Å². The highest BCUT2D eigenvalue weighted by Crippen LogP contribution is 2.68. The highest BCUT2D eigenvalue weighted by atomic mass is 16.6. The number of aliphatic hydroxyl groups is 2. The molecule has 0 spiro atoms. The third-order valence-corrected chi connectivity index (χ3v) is 15.5. The number of hydrogen-bond donors (Lipinski definition) is 3. The molecule has 1 aliphatic heterocycles. The SMILES string of the molecule is COC(=O)[C@@H]1C[C@H](NC(=O)CCCCc2ccc([N+](=O)[O-])c3nonc23)CN1C(=O)CC[C@@H](C)[C@H]1CCC2C3C(O)CC4C[C@H](O)CC[C@]4(C)C3CC[C@@]21C. The van der Waals surface area contributed by atoms with Crippen LogP contribution in [0, 0.1) is 56.5 Å². The molecule has 12 atom stereocenters. The molecule has 7 rings (SSSR count). The van der Waals surface area contributed by atoms with Crippen LogP contribution in [0.3, 0.4) is 0 Å². The van der Waals surface area contributed by atoms with E-state index < -0.39 is 16.9 Å². The first-order valence-corrected chi connectivity index (χ1v) is 20.7. The highest BCUT2D eigenvalue weighted by Gasteiger charge is 2.63. The number of hydrogen-bond acceptors (Lipinski definition) is 11. The molecule has 2 amide bonds. The first kappa shape index (κ1) is 39.6. The standard InChI is InChI=1S/C41H59N5O9/c1-23(28-11-12-29-36-30(16-18-41(28,29)3)40(2)17-15-27(47)19-25(40)20-33(36)48)9-14-35(50)45-22-26(21-32(45)39(51)54-4)42-34(49)8-6-5-7-24-10-13-31(46(52)53)38-37(24)43-55-44-38/h10,13,23,25-30,32-33,36,47-48H,5-9,11-12,14-22H2,1-4H3,(H,42,49)/t23-,25?,26+,27-,28-,29?,30?,32+,33?,36?,40+,41-/m1/s1. The fourth-order valence-corrected chi connectivity index (χ4v) is 12.6. The van der Waals surface area contributed by atoms with Crippen molar-refractivity contribution in [1.82, 2.24) is 20.5 Å². The van der Waals surface area contributed by atoms with E-state index in [-0.39, 0.29) is 65.1 Å². The van der Waals surface area contributed by atoms with Gasteiger partial charge in [0.15, 0.2) is 0 Å². The van der Waals surface area contributed by atoms with Crippen LogP contribution in [0.2, 0.25) is 0 Å². The van der Waals surface area contributed by atoms with Gasteiger partial charge in [-0.05, 0) is 145 Å². The lowest BCUT2D eigenvalue weighted by molar-refractivity contribution is -0.383. The van der Waals surface area contributed by atoms with Gasteiger partial charge in [0.2, 0.25) is 17.3 Å². The maximum Gasteiger partial charge on any atom is 0.328 e. The van der Waals surface area contributed by atoms with E-state index in [0.717, 1.165) is 56.9 Å². The number of aliphatic hydroxyl groups excluding tert-OH is 2. The van der Waals surface area contributed by atoms with Gasteiger partial charge in [0.05, 0.1) is 24.2 Å². The van der Waals surface area contributed by atoms with Crippen molar-refractivity contribution >= 4 is 34.5 Å². The average Bonchev–Trinajstić information content (AvgIpc) is 3.90. The maximum atomic E-state index is 13.8. The predicted molar refractivity (Wildman–Crippen MR) is 201 cm³/mol. The number of aryl methyl sites for hydroxylation is 1. The summed E-state index contributed by atoms with van der Waals surface area (Å²) in [7, 11) is 1.32. The molecule has 4 saturated carbocycles. The van der Waals surface area contributed by atoms with Crippen molar-refractivity contribution in [3.05, 3.63) is 27.8 Å². The van der Waals surface area contributed by atoms with Crippen LogP contribution in [0.4, 0.5) is 5.69 Å². The number of carbonyl (C=O) groups excluding carboxylic acids is 3. The first-order chi connectivity index (χ1) is 26.2. The van der Waals surface area contributed by atoms with Crippen LogP contribution in [0.5, 0.6) is 0 Å². The van der Waals surface area contributed by atoms with E-state index in [4.69, 9.17) is 9.37 Å². The second kappa shape index (κ2) is 15.7. The minimum atomic E-state index is -0.749. The molecule has 5 aliphatic rings. The molecule has 2 aromatic rings. The number of non-ortho nitro benzene ring substituents is 1. The number of ether oxygens (including phenoxy) is 1. The van der Waals surface area contributed by atoms with Crippen molar-refractivity contribution in [1.29, 1.82) is 0 Å². The monoisotopic (exact) mass is 765 g/mol. The number of carbonyl (C=O) groups is 3. The van der Waals surface area contributed by atoms with E-state index in [1.54, 1.807) is 11.0 Å². The zero-order valence-corrected chi connectivity index (χ0v) is 32.8. The summed E-state index contributed by atoms with van der Waals surface area (Å²) >= 11 is 0. The number of likely N-dealkylation sites (tertiary alicyclic amines) is 1. The number of amides is 2. The number of nitrogens with one attached hydrogen (secondary N) is 1. The maximum absolute atomic E-state index is 13.8. The van der Waals surface area contributed by atoms with Gasteiger partial charge in [-0.15, -0.1) is 0 Å². The summed E-state index contributed by atoms with van der Waals surface area (Å²) in [5.41, 5.74) is 1.34. The Kier molecular flexibility index (Phi) is 11.3. The van der Waals surface area contributed by atoms with Gasteiger partial charge in [-0.3, -0.25) is 19.7 Å². The third-order valence-electron chi connectivity index (χ3n) is 15.5. The molecule has 0 radical (unpaired) electrons. The number of methoxy groups -OCH3 is 1. The van der Waals surface area contributed by atoms with Crippen LogP contribution in [-0.2, 0) is 25.5 Å². The molecule has 5 fully saturated rings. The van der Waals surface area contributed by atoms with Gasteiger partial charge in [0.25, 0.3) is 0 Å². The van der Waals surface area contributed by atoms with Crippen LogP contribution < -0.4 is 5.32 Å². The number of aromatic nitrogens is 2. The fraction of sp³-hybridized carbons (Fsp3) is 0.780. The van der Waals surface area contributed by atoms with Gasteiger partial charge < -0.3 is 25.2 Å². The van der Waals surface area contributed by atoms with Gasteiger partial charge >= 0.3 is 11.7 Å². The molecular formula is C41H59N5O9. The molecule has 5 unspecified atom stereocenters. The summed E-state index contributed by atoms with van der Waals surface area (Å²) < 4.78 is 9.82. The normalized spacial score (nSPS) is 36.1. The minimum Gasteiger partial charge on any atom is -0.467 e. The third kappa shape index (κ3) is 7.37. The molecule has 0 bridgehead atoms. The second-order valence-electron chi connectivity index (χ2n) is 18.2. The molecule has 4 aliphatic carbocycles. The summed E-state index contributed by atoms with van der Waals surface area (Å²) in [5.74, 6) is 1.66. The molecule has 14 heteroatoms. The molecule has 1 saturated heterocycles. The summed E-state index contributed by atoms with van der Waals surface area (Å²) in [6.45, 7) is 7.40. The van der Waals surface area contributed by atoms with E-state index in [1.165, 1.54) is 13.2 Å². The molecular weight excluding hydrogens is 706 g/mol. The molecule has 55 heavy (non-hydrogen) atoms. The number of fused-ring (bicyclic) bond motifs is 6. The Balaban J connectivity index is 0.904. The Hall–Kier alpha value is -3.65. The second-order valence-corrected chi connectivity index (χ2v) is 18.2. The summed E-state index contributed by atoms with van der Waals surface area (Å²) in [6, 6.07) is 1.91. The van der Waals surface area contributed by atoms with Crippen LogP contribution in [0.1, 0.15) is 116 Å². The number of nitro groups is 1. The van der Waals surface area contributed by atoms with Crippen LogP contribution in [0.25, 0.3) is 11.0 Å². The topological polar surface area (TPSA) is 198 Å². The van der Waals surface area contributed by atoms with Crippen molar-refractivity contribution in [3.63, 3.8) is 0 Å². The zero-order chi connectivity index (χ0) is 39.2. The molecule has 2 heterocycles. The van der Waals surface area contributed by atoms with Crippen LogP contribution in [-0.4, -0.2) is 86.1 Å². The molecule has 1 aromatic carbocycles. The lowest BCUT2D eigenvalue weighted by atomic mass is 9.43. The Bertz CT molecular complexity index is 1770. The Morgan fingerprint density at radius 2 is 1.76 bits per heavy atom. The Labute approximate surface area is 322 Å². The van der Waals surface area contributed by atoms with E-state index in [0.29, 0.717) is 79.5 Å². The molecule has 3 N–H and O–H groups in total. The summed E-state index contributed by atoms with van der Waals surface area (Å²) in [6.07, 6.45) is 10.7. The van der Waals surface area contributed by atoms with Crippen molar-refractivity contribution < 1.29 is 38.9 Å². The zero-order valence-electron chi connectivity index (χ0n) is 32.8. The minimum absolute atomic E-state index is 0.0969. The molecule has 302 valence electrons. The van der Waals surface area contributed by atoms with Crippen molar-refractivity contribution in [2.45, 2.75) is 141 Å². The van der Waals surface area contributed by atoms with E-state index >= 15 is 0 Å². The first-order valence-electron chi connectivity index (χ1n) is 20.7. The van der Waals surface area contributed by atoms with Crippen molar-refractivity contribution in [3.8, 4) is 0 Å². The largest absolute Gasteiger partial charge is 0.467 e. The molecule has 1 aromatic heterocycles. The average molecular weight is 766 g/mol. The number of nitro benzene ring substituents is 1. The van der Waals surface area contributed by atoms with Gasteiger partial charge in [0.1, 0.15) is 11.6 Å². The number of rotatable bonds is 12. The Morgan fingerprint density at radius 1 is 1.02 bits per heavy atom. The number of unbranched alkanes of at least 4 members (excludes halogenated alkanes) is 1. The van der Waals surface area contributed by atoms with Gasteiger partial charge in [0, 0.05) is 37.9 Å². The molecule has 14 nitrogen and oxygen atoms in total. The highest BCUT2D eigenvalue weighted by molar-refractivity contribution is 5.86. The summed E-state index contributed by atoms with van der Waals surface area (Å²) in [4.78, 5) is 51.9. The van der Waals surface area contributed by atoms with Gasteiger partial charge in [-0.1, -0.05) is 20.8 Å². The van der Waals surface area contributed by atoms with E-state index in [2.05, 4.69) is 36.4 Å². The van der Waals surface area contributed by atoms with Crippen molar-refractivity contribution in [2.75, 3.05) is 13.7 Å². The van der Waals surface area contributed by atoms with Crippen LogP contribution >= 0.6 is 0 Å². The Morgan fingerprint density at radius 3 is 2.53 bits per heavy atom.